The van der Waals surface area contributed by atoms with E-state index in [1.165, 1.54) is 16.7 Å². The Bertz CT molecular complexity index is 1570. The Morgan fingerprint density at radius 1 is 1.08 bits per heavy atom. The summed E-state index contributed by atoms with van der Waals surface area (Å²) in [6, 6.07) is 11.4. The topological polar surface area (TPSA) is 117 Å². The number of aromatic nitrogens is 3. The first-order valence-electron chi connectivity index (χ1n) is 12.8. The molecule has 0 atom stereocenters. The maximum atomic E-state index is 13.6. The monoisotopic (exact) mass is 529 g/mol. The van der Waals surface area contributed by atoms with Gasteiger partial charge in [-0.3, -0.25) is 24.4 Å². The number of aromatic hydroxyl groups is 1. The number of hydrogen-bond acceptors (Lipinski definition) is 6. The van der Waals surface area contributed by atoms with E-state index >= 15 is 0 Å². The Morgan fingerprint density at radius 2 is 1.90 bits per heavy atom. The fourth-order valence-electron chi connectivity index (χ4n) is 4.82. The molecule has 39 heavy (non-hydrogen) atoms. The quantitative estimate of drug-likeness (QED) is 0.322. The van der Waals surface area contributed by atoms with Crippen LogP contribution in [0.2, 0.25) is 0 Å². The van der Waals surface area contributed by atoms with E-state index in [0.29, 0.717) is 37.9 Å². The van der Waals surface area contributed by atoms with Crippen LogP contribution in [0.3, 0.4) is 0 Å². The van der Waals surface area contributed by atoms with Crippen LogP contribution in [0.1, 0.15) is 46.3 Å². The summed E-state index contributed by atoms with van der Waals surface area (Å²) in [5, 5.41) is 13.7. The van der Waals surface area contributed by atoms with Crippen LogP contribution in [0.5, 0.6) is 5.75 Å². The fourth-order valence-corrected chi connectivity index (χ4v) is 4.82. The average molecular weight is 530 g/mol. The van der Waals surface area contributed by atoms with Crippen molar-refractivity contribution in [2.24, 2.45) is 0 Å². The van der Waals surface area contributed by atoms with Gasteiger partial charge in [0.2, 0.25) is 5.91 Å². The zero-order valence-corrected chi connectivity index (χ0v) is 21.3. The van der Waals surface area contributed by atoms with Crippen LogP contribution >= 0.6 is 0 Å². The molecule has 1 aliphatic rings. The number of fused-ring (bicyclic) bond motifs is 1. The molecule has 0 aliphatic carbocycles. The van der Waals surface area contributed by atoms with Gasteiger partial charge < -0.3 is 19.9 Å². The summed E-state index contributed by atoms with van der Waals surface area (Å²) in [5.41, 5.74) is 1.78. The number of carbonyl (C=O) groups excluding carboxylic acids is 2. The molecule has 0 saturated carbocycles. The van der Waals surface area contributed by atoms with E-state index < -0.39 is 17.2 Å². The van der Waals surface area contributed by atoms with Gasteiger partial charge in [0.25, 0.3) is 11.5 Å². The number of nitrogens with zero attached hydrogens (tertiary/aromatic N) is 4. The van der Waals surface area contributed by atoms with Crippen molar-refractivity contribution in [3.63, 3.8) is 0 Å². The number of likely N-dealkylation sites (tertiary alicyclic amines) is 1. The van der Waals surface area contributed by atoms with Crippen molar-refractivity contribution in [1.82, 2.24) is 24.8 Å². The van der Waals surface area contributed by atoms with Gasteiger partial charge in [0.15, 0.2) is 5.75 Å². The molecule has 0 radical (unpaired) electrons. The first-order chi connectivity index (χ1) is 18.9. The highest BCUT2D eigenvalue weighted by Crippen LogP contribution is 2.26. The molecular formula is C29H28FN5O4. The SMILES string of the molecule is O=C(NCCCN1CCCC1=O)c1c(O)c2ncc(Cc3ccc(F)cc3)cc2n(Cc2cccnc2)c1=O. The lowest BCUT2D eigenvalue weighted by Gasteiger charge is -2.17. The number of nitrogens with one attached hydrogen (secondary N) is 1. The maximum Gasteiger partial charge on any atom is 0.268 e. The van der Waals surface area contributed by atoms with Crippen LogP contribution < -0.4 is 10.9 Å². The molecule has 0 unspecified atom stereocenters. The first-order valence-corrected chi connectivity index (χ1v) is 12.8. The lowest BCUT2D eigenvalue weighted by Crippen LogP contribution is -2.35. The normalized spacial score (nSPS) is 13.3. The Kier molecular flexibility index (Phi) is 7.62. The first kappa shape index (κ1) is 26.0. The van der Waals surface area contributed by atoms with Crippen LogP contribution in [0.15, 0.2) is 65.8 Å². The molecule has 2 amide bonds. The van der Waals surface area contributed by atoms with Crippen molar-refractivity contribution in [2.75, 3.05) is 19.6 Å². The number of halogens is 1. The number of hydrogen-bond donors (Lipinski definition) is 2. The molecular weight excluding hydrogens is 501 g/mol. The summed E-state index contributed by atoms with van der Waals surface area (Å²) in [4.78, 5) is 48.8. The van der Waals surface area contributed by atoms with E-state index in [-0.39, 0.29) is 35.9 Å². The third-order valence-corrected chi connectivity index (χ3v) is 6.81. The number of pyridine rings is 3. The van der Waals surface area contributed by atoms with Crippen LogP contribution in [0.4, 0.5) is 4.39 Å². The van der Waals surface area contributed by atoms with Crippen molar-refractivity contribution >= 4 is 22.8 Å². The van der Waals surface area contributed by atoms with Crippen molar-refractivity contribution < 1.29 is 19.1 Å². The summed E-state index contributed by atoms with van der Waals surface area (Å²) >= 11 is 0. The van der Waals surface area contributed by atoms with Crippen LogP contribution in [0.25, 0.3) is 11.0 Å². The summed E-state index contributed by atoms with van der Waals surface area (Å²) in [6.07, 6.45) is 7.17. The van der Waals surface area contributed by atoms with E-state index in [1.807, 2.05) is 6.07 Å². The molecule has 9 nitrogen and oxygen atoms in total. The van der Waals surface area contributed by atoms with E-state index in [2.05, 4.69) is 15.3 Å². The third kappa shape index (κ3) is 5.79. The molecule has 1 aliphatic heterocycles. The van der Waals surface area contributed by atoms with Crippen molar-refractivity contribution in [3.05, 3.63) is 99.5 Å². The number of benzene rings is 1. The second-order valence-corrected chi connectivity index (χ2v) is 9.58. The van der Waals surface area contributed by atoms with E-state index in [1.54, 1.807) is 47.8 Å². The van der Waals surface area contributed by atoms with Gasteiger partial charge in [0.05, 0.1) is 12.1 Å². The van der Waals surface area contributed by atoms with Gasteiger partial charge in [-0.2, -0.15) is 0 Å². The van der Waals surface area contributed by atoms with Gasteiger partial charge in [-0.15, -0.1) is 0 Å². The van der Waals surface area contributed by atoms with Gasteiger partial charge in [-0.25, -0.2) is 4.39 Å². The summed E-state index contributed by atoms with van der Waals surface area (Å²) in [5.74, 6) is -1.42. The highest BCUT2D eigenvalue weighted by atomic mass is 19.1. The third-order valence-electron chi connectivity index (χ3n) is 6.81. The molecule has 1 saturated heterocycles. The number of amides is 2. The van der Waals surface area contributed by atoms with Gasteiger partial charge in [0.1, 0.15) is 16.9 Å². The molecule has 10 heteroatoms. The molecule has 3 aromatic heterocycles. The second kappa shape index (κ2) is 11.4. The molecule has 200 valence electrons. The molecule has 4 heterocycles. The standard InChI is InChI=1S/C29H28FN5O4/c30-22-8-6-19(7-9-22)14-21-15-23-26(33-17-21)27(37)25(29(39)35(23)18-20-4-1-10-31-16-20)28(38)32-11-3-13-34-12-2-5-24(34)36/h1,4,6-10,15-17,37H,2-3,5,11-14,18H2,(H,32,38). The molecule has 5 rings (SSSR count). The van der Waals surface area contributed by atoms with E-state index in [4.69, 9.17) is 0 Å². The van der Waals surface area contributed by atoms with Crippen LogP contribution in [-0.4, -0.2) is 56.0 Å². The van der Waals surface area contributed by atoms with Gasteiger partial charge >= 0.3 is 0 Å². The molecule has 1 fully saturated rings. The zero-order valence-electron chi connectivity index (χ0n) is 21.3. The maximum absolute atomic E-state index is 13.6. The molecule has 0 spiro atoms. The molecule has 0 bridgehead atoms. The van der Waals surface area contributed by atoms with Crippen molar-refractivity contribution in [1.29, 1.82) is 0 Å². The Balaban J connectivity index is 1.46. The van der Waals surface area contributed by atoms with E-state index in [0.717, 1.165) is 23.1 Å². The predicted molar refractivity (Wildman–Crippen MR) is 143 cm³/mol. The minimum atomic E-state index is -0.704. The summed E-state index contributed by atoms with van der Waals surface area (Å²) < 4.78 is 14.7. The minimum absolute atomic E-state index is 0.108. The lowest BCUT2D eigenvalue weighted by molar-refractivity contribution is -0.127. The highest BCUT2D eigenvalue weighted by Gasteiger charge is 2.24. The summed E-state index contributed by atoms with van der Waals surface area (Å²) in [7, 11) is 0. The predicted octanol–water partition coefficient (Wildman–Crippen LogP) is 3.02. The van der Waals surface area contributed by atoms with Crippen LogP contribution in [-0.2, 0) is 17.8 Å². The lowest BCUT2D eigenvalue weighted by atomic mass is 10.0. The largest absolute Gasteiger partial charge is 0.505 e. The number of carbonyl (C=O) groups is 2. The van der Waals surface area contributed by atoms with E-state index in [9.17, 15) is 23.9 Å². The fraction of sp³-hybridized carbons (Fsp3) is 0.276. The molecule has 4 aromatic rings. The zero-order chi connectivity index (χ0) is 27.4. The van der Waals surface area contributed by atoms with Crippen molar-refractivity contribution in [3.8, 4) is 5.75 Å². The van der Waals surface area contributed by atoms with Gasteiger partial charge in [0, 0.05) is 44.6 Å². The van der Waals surface area contributed by atoms with Gasteiger partial charge in [-0.05, 0) is 60.2 Å². The Hall–Kier alpha value is -4.60. The minimum Gasteiger partial charge on any atom is -0.505 e. The van der Waals surface area contributed by atoms with Gasteiger partial charge in [-0.1, -0.05) is 18.2 Å². The number of rotatable bonds is 9. The Labute approximate surface area is 223 Å². The summed E-state index contributed by atoms with van der Waals surface area (Å²) in [6.45, 7) is 1.59. The average Bonchev–Trinajstić information content (AvgIpc) is 3.35. The molecule has 2 N–H and O–H groups in total. The Morgan fingerprint density at radius 3 is 2.62 bits per heavy atom. The molecule has 1 aromatic carbocycles. The highest BCUT2D eigenvalue weighted by molar-refractivity contribution is 6.01. The van der Waals surface area contributed by atoms with Crippen LogP contribution in [0, 0.1) is 5.82 Å². The van der Waals surface area contributed by atoms with Crippen molar-refractivity contribution in [2.45, 2.75) is 32.2 Å². The smallest absolute Gasteiger partial charge is 0.268 e. The second-order valence-electron chi connectivity index (χ2n) is 9.58.